The van der Waals surface area contributed by atoms with Crippen molar-refractivity contribution in [2.45, 2.75) is 80.6 Å². The lowest BCUT2D eigenvalue weighted by molar-refractivity contribution is -0.187. The standard InChI is InChI=1S/C31H40ClF3N8O5S/c1-29(2,3)48-28(47)40-30(4)10-12-41(13-11-30)21-18-37-26(25(36)39-21)49-20-7-5-6-19(24(20)32)38-22(44)8-9-23(45)42-14-16-43(17-15-42)27(46)31(33,34)35/h5-7,18H,8-17H2,1-4H3,(H2,36,39)(H,38,44)(H,40,47). The van der Waals surface area contributed by atoms with E-state index in [-0.39, 0.29) is 49.9 Å². The molecule has 2 aliphatic rings. The summed E-state index contributed by atoms with van der Waals surface area (Å²) in [6.07, 6.45) is -2.82. The Morgan fingerprint density at radius 1 is 1.02 bits per heavy atom. The molecule has 268 valence electrons. The maximum absolute atomic E-state index is 12.7. The van der Waals surface area contributed by atoms with Gasteiger partial charge in [-0.05, 0) is 52.7 Å². The number of nitrogen functional groups attached to an aromatic ring is 1. The van der Waals surface area contributed by atoms with Gasteiger partial charge in [0.1, 0.15) is 16.4 Å². The number of hydrogen-bond donors (Lipinski definition) is 3. The molecule has 0 unspecified atom stereocenters. The fourth-order valence-corrected chi connectivity index (χ4v) is 6.34. The molecule has 4 amide bonds. The topological polar surface area (TPSA) is 163 Å². The van der Waals surface area contributed by atoms with Crippen molar-refractivity contribution in [1.82, 2.24) is 25.1 Å². The second-order valence-corrected chi connectivity index (χ2v) is 14.4. The van der Waals surface area contributed by atoms with E-state index in [1.165, 1.54) is 16.7 Å². The third-order valence-corrected chi connectivity index (χ3v) is 9.50. The Hall–Kier alpha value is -3.99. The number of nitrogens with two attached hydrogens (primary N) is 1. The highest BCUT2D eigenvalue weighted by Crippen LogP contribution is 2.39. The van der Waals surface area contributed by atoms with E-state index < -0.39 is 41.1 Å². The highest BCUT2D eigenvalue weighted by molar-refractivity contribution is 7.99. The van der Waals surface area contributed by atoms with Crippen LogP contribution in [0.5, 0.6) is 0 Å². The summed E-state index contributed by atoms with van der Waals surface area (Å²) in [5.74, 6) is -2.03. The maximum atomic E-state index is 12.7. The fourth-order valence-electron chi connectivity index (χ4n) is 5.24. The average molecular weight is 729 g/mol. The van der Waals surface area contributed by atoms with Crippen LogP contribution in [0.15, 0.2) is 34.3 Å². The number of aromatic nitrogens is 2. The summed E-state index contributed by atoms with van der Waals surface area (Å²) in [4.78, 5) is 62.6. The van der Waals surface area contributed by atoms with E-state index in [1.54, 1.807) is 24.4 Å². The normalized spacial score (nSPS) is 16.6. The number of carbonyl (C=O) groups is 4. The van der Waals surface area contributed by atoms with Gasteiger partial charge in [0.15, 0.2) is 5.82 Å². The lowest BCUT2D eigenvalue weighted by atomic mass is 9.90. The molecule has 0 aliphatic carbocycles. The highest BCUT2D eigenvalue weighted by Gasteiger charge is 2.43. The molecule has 3 heterocycles. The van der Waals surface area contributed by atoms with Crippen LogP contribution in [0.2, 0.25) is 5.02 Å². The Kier molecular flexibility index (Phi) is 11.8. The van der Waals surface area contributed by atoms with E-state index in [0.29, 0.717) is 52.3 Å². The molecule has 0 radical (unpaired) electrons. The van der Waals surface area contributed by atoms with Gasteiger partial charge >= 0.3 is 18.2 Å². The second-order valence-electron chi connectivity index (χ2n) is 13.0. The van der Waals surface area contributed by atoms with Crippen LogP contribution in [0.1, 0.15) is 53.4 Å². The van der Waals surface area contributed by atoms with Gasteiger partial charge in [0.05, 0.1) is 16.9 Å². The predicted octanol–water partition coefficient (Wildman–Crippen LogP) is 4.70. The van der Waals surface area contributed by atoms with Crippen LogP contribution in [0.3, 0.4) is 0 Å². The summed E-state index contributed by atoms with van der Waals surface area (Å²) in [6, 6.07) is 5.02. The van der Waals surface area contributed by atoms with E-state index in [4.69, 9.17) is 22.1 Å². The molecule has 18 heteroatoms. The number of rotatable bonds is 8. The van der Waals surface area contributed by atoms with Gasteiger partial charge in [-0.15, -0.1) is 0 Å². The van der Waals surface area contributed by atoms with Crippen molar-refractivity contribution in [3.05, 3.63) is 29.4 Å². The van der Waals surface area contributed by atoms with Crippen LogP contribution >= 0.6 is 23.4 Å². The van der Waals surface area contributed by atoms with Gasteiger partial charge < -0.3 is 35.8 Å². The predicted molar refractivity (Wildman–Crippen MR) is 178 cm³/mol. The monoisotopic (exact) mass is 728 g/mol. The Morgan fingerprint density at radius 3 is 2.24 bits per heavy atom. The van der Waals surface area contributed by atoms with E-state index in [2.05, 4.69) is 20.6 Å². The first-order chi connectivity index (χ1) is 22.8. The number of nitrogens with one attached hydrogen (secondary N) is 2. The Balaban J connectivity index is 1.27. The van der Waals surface area contributed by atoms with Crippen LogP contribution < -0.4 is 21.3 Å². The summed E-state index contributed by atoms with van der Waals surface area (Å²) < 4.78 is 43.4. The number of piperazine rings is 1. The molecule has 0 saturated carbocycles. The van der Waals surface area contributed by atoms with E-state index in [0.717, 1.165) is 0 Å². The van der Waals surface area contributed by atoms with Crippen molar-refractivity contribution >= 4 is 64.5 Å². The van der Waals surface area contributed by atoms with Gasteiger partial charge in [0, 0.05) is 62.5 Å². The third kappa shape index (κ3) is 10.5. The number of alkyl carbamates (subject to hydrolysis) is 1. The number of piperidine rings is 1. The molecule has 4 N–H and O–H groups in total. The number of ether oxygens (including phenoxy) is 1. The molecule has 13 nitrogen and oxygen atoms in total. The molecular formula is C31H40ClF3N8O5S. The maximum Gasteiger partial charge on any atom is 0.471 e. The molecule has 2 fully saturated rings. The first kappa shape index (κ1) is 37.8. The molecule has 0 atom stereocenters. The van der Waals surface area contributed by atoms with Crippen molar-refractivity contribution < 1.29 is 37.1 Å². The Morgan fingerprint density at radius 2 is 1.65 bits per heavy atom. The van der Waals surface area contributed by atoms with Crippen molar-refractivity contribution in [2.24, 2.45) is 0 Å². The summed E-state index contributed by atoms with van der Waals surface area (Å²) in [7, 11) is 0. The number of anilines is 3. The third-order valence-electron chi connectivity index (χ3n) is 7.92. The van der Waals surface area contributed by atoms with E-state index in [1.807, 2.05) is 32.6 Å². The van der Waals surface area contributed by atoms with Crippen molar-refractivity contribution in [3.8, 4) is 0 Å². The van der Waals surface area contributed by atoms with Crippen molar-refractivity contribution in [3.63, 3.8) is 0 Å². The number of benzene rings is 1. The van der Waals surface area contributed by atoms with Crippen LogP contribution in [-0.4, -0.2) is 100 Å². The minimum absolute atomic E-state index is 0.0504. The Bertz CT molecular complexity index is 1560. The lowest BCUT2D eigenvalue weighted by Gasteiger charge is -2.40. The summed E-state index contributed by atoms with van der Waals surface area (Å²) in [5, 5.41) is 6.31. The first-order valence-corrected chi connectivity index (χ1v) is 16.8. The smallest absolute Gasteiger partial charge is 0.444 e. The molecule has 49 heavy (non-hydrogen) atoms. The van der Waals surface area contributed by atoms with E-state index >= 15 is 0 Å². The lowest BCUT2D eigenvalue weighted by Crippen LogP contribution is -2.54. The number of amides is 4. The quantitative estimate of drug-likeness (QED) is 0.347. The molecular weight excluding hydrogens is 689 g/mol. The minimum atomic E-state index is -4.96. The van der Waals surface area contributed by atoms with Crippen LogP contribution in [0.25, 0.3) is 0 Å². The van der Waals surface area contributed by atoms with Gasteiger partial charge in [0.25, 0.3) is 0 Å². The number of alkyl halides is 3. The zero-order chi connectivity index (χ0) is 36.1. The Labute approximate surface area is 291 Å². The number of carbonyl (C=O) groups excluding carboxylic acids is 4. The van der Waals surface area contributed by atoms with Gasteiger partial charge in [-0.3, -0.25) is 14.4 Å². The average Bonchev–Trinajstić information content (AvgIpc) is 3.01. The van der Waals surface area contributed by atoms with Crippen LogP contribution in [-0.2, 0) is 19.1 Å². The second kappa shape index (κ2) is 15.3. The number of halogens is 4. The zero-order valence-corrected chi connectivity index (χ0v) is 29.2. The molecule has 2 aromatic rings. The minimum Gasteiger partial charge on any atom is -0.444 e. The zero-order valence-electron chi connectivity index (χ0n) is 27.7. The SMILES string of the molecule is CC1(NC(=O)OC(C)(C)C)CCN(c2cnc(Sc3cccc(NC(=O)CCC(=O)N4CCN(C(=O)C(F)(F)F)CC4)c3Cl)c(N)n2)CC1. The molecule has 2 aliphatic heterocycles. The van der Waals surface area contributed by atoms with Gasteiger partial charge in [-0.1, -0.05) is 29.4 Å². The first-order valence-electron chi connectivity index (χ1n) is 15.6. The molecule has 4 rings (SSSR count). The summed E-state index contributed by atoms with van der Waals surface area (Å²) in [5.41, 5.74) is 5.57. The summed E-state index contributed by atoms with van der Waals surface area (Å²) >= 11 is 7.77. The highest BCUT2D eigenvalue weighted by atomic mass is 35.5. The largest absolute Gasteiger partial charge is 0.471 e. The van der Waals surface area contributed by atoms with Gasteiger partial charge in [-0.25, -0.2) is 14.8 Å². The molecule has 0 bridgehead atoms. The van der Waals surface area contributed by atoms with Gasteiger partial charge in [0.2, 0.25) is 11.8 Å². The van der Waals surface area contributed by atoms with Crippen molar-refractivity contribution in [2.75, 3.05) is 55.2 Å². The molecule has 1 aromatic heterocycles. The fraction of sp³-hybridized carbons (Fsp3) is 0.548. The van der Waals surface area contributed by atoms with Crippen LogP contribution in [0, 0.1) is 0 Å². The summed E-state index contributed by atoms with van der Waals surface area (Å²) in [6.45, 7) is 8.08. The van der Waals surface area contributed by atoms with Crippen LogP contribution in [0.4, 0.5) is 35.3 Å². The number of nitrogens with zero attached hydrogens (tertiary/aromatic N) is 5. The molecule has 1 aromatic carbocycles. The number of hydrogen-bond acceptors (Lipinski definition) is 10. The van der Waals surface area contributed by atoms with Gasteiger partial charge in [-0.2, -0.15) is 13.2 Å². The molecule has 0 spiro atoms. The van der Waals surface area contributed by atoms with E-state index in [9.17, 15) is 32.3 Å². The molecule has 2 saturated heterocycles. The van der Waals surface area contributed by atoms with Crippen molar-refractivity contribution in [1.29, 1.82) is 0 Å².